The van der Waals surface area contributed by atoms with Crippen molar-refractivity contribution in [2.45, 2.75) is 53.5 Å². The summed E-state index contributed by atoms with van der Waals surface area (Å²) in [6, 6.07) is 0.278. The van der Waals surface area contributed by atoms with Gasteiger partial charge in [0.25, 0.3) is 0 Å². The van der Waals surface area contributed by atoms with E-state index in [1.807, 2.05) is 18.8 Å². The molecule has 0 aliphatic heterocycles. The van der Waals surface area contributed by atoms with Crippen molar-refractivity contribution >= 4 is 41.3 Å². The van der Waals surface area contributed by atoms with Crippen molar-refractivity contribution in [1.29, 1.82) is 0 Å². The number of hydrogen-bond acceptors (Lipinski definition) is 4. The molecule has 0 amide bonds. The van der Waals surface area contributed by atoms with E-state index in [0.29, 0.717) is 0 Å². The predicted molar refractivity (Wildman–Crippen MR) is 121 cm³/mol. The van der Waals surface area contributed by atoms with Crippen LogP contribution in [0.5, 0.6) is 0 Å². The zero-order chi connectivity index (χ0) is 18.6. The minimum atomic E-state index is 0. The molecule has 2 heterocycles. The van der Waals surface area contributed by atoms with Crippen LogP contribution in [0.3, 0.4) is 0 Å². The zero-order valence-corrected chi connectivity index (χ0v) is 20.0. The van der Waals surface area contributed by atoms with Gasteiger partial charge in [-0.15, -0.1) is 35.3 Å². The first-order valence-corrected chi connectivity index (χ1v) is 9.52. The van der Waals surface area contributed by atoms with Crippen molar-refractivity contribution in [3.05, 3.63) is 32.5 Å². The molecule has 6 nitrogen and oxygen atoms in total. The molecule has 0 radical (unpaired) electrons. The van der Waals surface area contributed by atoms with E-state index in [2.05, 4.69) is 60.3 Å². The Labute approximate surface area is 177 Å². The first-order valence-electron chi connectivity index (χ1n) is 8.71. The number of hydrogen-bond donors (Lipinski definition) is 2. The Morgan fingerprint density at radius 2 is 1.92 bits per heavy atom. The maximum Gasteiger partial charge on any atom is 0.191 e. The van der Waals surface area contributed by atoms with E-state index in [1.165, 1.54) is 16.1 Å². The second-order valence-corrected chi connectivity index (χ2v) is 7.80. The van der Waals surface area contributed by atoms with Crippen LogP contribution in [0.2, 0.25) is 0 Å². The lowest BCUT2D eigenvalue weighted by Crippen LogP contribution is -2.43. The quantitative estimate of drug-likeness (QED) is 0.371. The maximum absolute atomic E-state index is 4.49. The smallest absolute Gasteiger partial charge is 0.191 e. The van der Waals surface area contributed by atoms with Crippen LogP contribution in [0, 0.1) is 27.7 Å². The predicted octanol–water partition coefficient (Wildman–Crippen LogP) is 3.07. The minimum Gasteiger partial charge on any atom is -0.356 e. The molecule has 2 aromatic heterocycles. The Balaban J connectivity index is 0.00000338. The molecule has 0 saturated heterocycles. The number of halogens is 1. The fourth-order valence-electron chi connectivity index (χ4n) is 3.00. The molecule has 0 spiro atoms. The average Bonchev–Trinajstić information content (AvgIpc) is 2.99. The highest BCUT2D eigenvalue weighted by atomic mass is 127. The summed E-state index contributed by atoms with van der Waals surface area (Å²) in [5, 5.41) is 12.5. The summed E-state index contributed by atoms with van der Waals surface area (Å²) in [6.45, 7) is 11.3. The first-order chi connectivity index (χ1) is 11.8. The highest BCUT2D eigenvalue weighted by Gasteiger charge is 2.14. The lowest BCUT2D eigenvalue weighted by atomic mass is 10.1. The first kappa shape index (κ1) is 22.9. The molecule has 8 heteroatoms. The standard InChI is InChI=1S/C18H30N6S.HI/c1-11(10-16-12(2)23-24(7)14(16)4)21-18(19-6)20-9-8-17-13(3)22-15(5)25-17;/h11H,8-10H2,1-7H3,(H2,19,20,21);1H. The topological polar surface area (TPSA) is 67.1 Å². The molecule has 1 unspecified atom stereocenters. The summed E-state index contributed by atoms with van der Waals surface area (Å²) < 4.78 is 1.95. The van der Waals surface area contributed by atoms with Gasteiger partial charge in [-0.1, -0.05) is 0 Å². The molecule has 2 rings (SSSR count). The molecule has 0 aliphatic rings. The van der Waals surface area contributed by atoms with E-state index < -0.39 is 0 Å². The van der Waals surface area contributed by atoms with Crippen LogP contribution in [0.15, 0.2) is 4.99 Å². The molecular formula is C18H31IN6S. The summed E-state index contributed by atoms with van der Waals surface area (Å²) in [5.41, 5.74) is 4.79. The number of aliphatic imine (C=N–C) groups is 1. The van der Waals surface area contributed by atoms with Crippen LogP contribution in [0.1, 0.15) is 39.5 Å². The van der Waals surface area contributed by atoms with E-state index in [1.54, 1.807) is 11.3 Å². The maximum atomic E-state index is 4.49. The molecule has 0 aliphatic carbocycles. The van der Waals surface area contributed by atoms with Crippen LogP contribution in [-0.4, -0.2) is 40.4 Å². The number of guanidine groups is 1. The third-order valence-corrected chi connectivity index (χ3v) is 5.55. The van der Waals surface area contributed by atoms with Crippen LogP contribution in [0.25, 0.3) is 0 Å². The van der Waals surface area contributed by atoms with E-state index in [-0.39, 0.29) is 30.0 Å². The molecule has 1 atom stereocenters. The van der Waals surface area contributed by atoms with Gasteiger partial charge in [0, 0.05) is 43.7 Å². The van der Waals surface area contributed by atoms with E-state index in [9.17, 15) is 0 Å². The number of thiazole rings is 1. The van der Waals surface area contributed by atoms with Gasteiger partial charge in [0.1, 0.15) is 0 Å². The summed E-state index contributed by atoms with van der Waals surface area (Å²) >= 11 is 1.77. The summed E-state index contributed by atoms with van der Waals surface area (Å²) in [4.78, 5) is 10.2. The second-order valence-electron chi connectivity index (χ2n) is 6.51. The van der Waals surface area contributed by atoms with Gasteiger partial charge in [0.05, 0.1) is 16.4 Å². The van der Waals surface area contributed by atoms with Crippen molar-refractivity contribution in [1.82, 2.24) is 25.4 Å². The van der Waals surface area contributed by atoms with Gasteiger partial charge in [0.2, 0.25) is 0 Å². The number of aromatic nitrogens is 3. The number of rotatable bonds is 6. The van der Waals surface area contributed by atoms with Gasteiger partial charge in [-0.2, -0.15) is 5.10 Å². The Kier molecular flexibility index (Phi) is 9.02. The Bertz CT molecular complexity index is 749. The molecule has 0 fully saturated rings. The van der Waals surface area contributed by atoms with Crippen LogP contribution < -0.4 is 10.6 Å². The normalized spacial score (nSPS) is 12.7. The van der Waals surface area contributed by atoms with Crippen molar-refractivity contribution in [3.8, 4) is 0 Å². The van der Waals surface area contributed by atoms with Crippen LogP contribution in [0.4, 0.5) is 0 Å². The van der Waals surface area contributed by atoms with E-state index in [0.717, 1.165) is 41.7 Å². The molecule has 0 aromatic carbocycles. The molecule has 2 aromatic rings. The molecule has 26 heavy (non-hydrogen) atoms. The highest BCUT2D eigenvalue weighted by molar-refractivity contribution is 14.0. The van der Waals surface area contributed by atoms with Gasteiger partial charge < -0.3 is 10.6 Å². The lowest BCUT2D eigenvalue weighted by Gasteiger charge is -2.18. The van der Waals surface area contributed by atoms with Crippen molar-refractivity contribution < 1.29 is 0 Å². The van der Waals surface area contributed by atoms with Crippen molar-refractivity contribution in [2.75, 3.05) is 13.6 Å². The fourth-order valence-corrected chi connectivity index (χ4v) is 3.93. The Hall–Kier alpha value is -1.16. The average molecular weight is 490 g/mol. The third kappa shape index (κ3) is 5.94. The Morgan fingerprint density at radius 1 is 1.23 bits per heavy atom. The fraction of sp³-hybridized carbons (Fsp3) is 0.611. The highest BCUT2D eigenvalue weighted by Crippen LogP contribution is 2.17. The van der Waals surface area contributed by atoms with Crippen LogP contribution >= 0.6 is 35.3 Å². The molecule has 2 N–H and O–H groups in total. The van der Waals surface area contributed by atoms with Gasteiger partial charge in [-0.25, -0.2) is 4.98 Å². The molecule has 0 saturated carbocycles. The molecular weight excluding hydrogens is 459 g/mol. The molecule has 0 bridgehead atoms. The van der Waals surface area contributed by atoms with Crippen LogP contribution in [-0.2, 0) is 19.9 Å². The van der Waals surface area contributed by atoms with E-state index >= 15 is 0 Å². The van der Waals surface area contributed by atoms with Gasteiger partial charge >= 0.3 is 0 Å². The largest absolute Gasteiger partial charge is 0.356 e. The second kappa shape index (κ2) is 10.2. The van der Waals surface area contributed by atoms with Crippen molar-refractivity contribution in [3.63, 3.8) is 0 Å². The zero-order valence-electron chi connectivity index (χ0n) is 16.8. The minimum absolute atomic E-state index is 0. The summed E-state index contributed by atoms with van der Waals surface area (Å²) in [7, 11) is 3.80. The monoisotopic (exact) mass is 490 g/mol. The SMILES string of the molecule is CN=C(NCCc1sc(C)nc1C)NC(C)Cc1c(C)nn(C)c1C.I. The van der Waals surface area contributed by atoms with E-state index in [4.69, 9.17) is 0 Å². The summed E-state index contributed by atoms with van der Waals surface area (Å²) in [5.74, 6) is 0.839. The van der Waals surface area contributed by atoms with Gasteiger partial charge in [-0.05, 0) is 46.6 Å². The lowest BCUT2D eigenvalue weighted by molar-refractivity contribution is 0.635. The Morgan fingerprint density at radius 3 is 2.42 bits per heavy atom. The number of nitrogens with one attached hydrogen (secondary N) is 2. The summed E-state index contributed by atoms with van der Waals surface area (Å²) in [6.07, 6.45) is 1.90. The number of nitrogens with zero attached hydrogens (tertiary/aromatic N) is 4. The molecule has 146 valence electrons. The van der Waals surface area contributed by atoms with Gasteiger partial charge in [0.15, 0.2) is 5.96 Å². The van der Waals surface area contributed by atoms with Gasteiger partial charge in [-0.3, -0.25) is 9.67 Å². The third-order valence-electron chi connectivity index (χ3n) is 4.42. The number of aryl methyl sites for hydroxylation is 4. The van der Waals surface area contributed by atoms with Crippen molar-refractivity contribution in [2.24, 2.45) is 12.0 Å².